The number of thioether (sulfide) groups is 1. The van der Waals surface area contributed by atoms with Crippen LogP contribution in [0.4, 0.5) is 0 Å². The molecule has 0 fully saturated rings. The molecule has 3 aromatic rings. The van der Waals surface area contributed by atoms with Gasteiger partial charge < -0.3 is 9.88 Å². The second kappa shape index (κ2) is 10.3. The summed E-state index contributed by atoms with van der Waals surface area (Å²) in [6, 6.07) is 11.6. The molecule has 3 rings (SSSR count). The van der Waals surface area contributed by atoms with Crippen molar-refractivity contribution in [3.63, 3.8) is 0 Å². The number of carbonyl (C=O) groups is 2. The second-order valence-corrected chi connectivity index (χ2v) is 8.16. The van der Waals surface area contributed by atoms with Gasteiger partial charge in [0.05, 0.1) is 11.3 Å². The maximum absolute atomic E-state index is 12.9. The Kier molecular flexibility index (Phi) is 7.51. The molecule has 9 heteroatoms. The molecule has 0 saturated heterocycles. The van der Waals surface area contributed by atoms with Crippen molar-refractivity contribution in [2.45, 2.75) is 45.3 Å². The quantitative estimate of drug-likeness (QED) is 0.393. The lowest BCUT2D eigenvalue weighted by molar-refractivity contribution is -0.128. The minimum absolute atomic E-state index is 0.0672. The van der Waals surface area contributed by atoms with Crippen LogP contribution in [0.3, 0.4) is 0 Å². The van der Waals surface area contributed by atoms with Crippen LogP contribution in [0, 0.1) is 6.92 Å². The Morgan fingerprint density at radius 3 is 2.65 bits per heavy atom. The molecule has 2 heterocycles. The fraction of sp³-hybridized carbons (Fsp3) is 0.364. The first-order valence-corrected chi connectivity index (χ1v) is 11.3. The standard InChI is InChI=1S/C22H27N5O3S/c1-4-9-18(28)25-27-21(30)20-17(12-15(3)23-20)24-22(27)31-14-19(29)26(5-2)13-16-10-7-6-8-11-16/h6-8,10-12,23H,4-5,9,13-14H2,1-3H3,(H,25,28). The smallest absolute Gasteiger partial charge is 0.297 e. The summed E-state index contributed by atoms with van der Waals surface area (Å²) in [5, 5.41) is 0.282. The number of rotatable bonds is 9. The van der Waals surface area contributed by atoms with Crippen molar-refractivity contribution in [1.29, 1.82) is 0 Å². The average Bonchev–Trinajstić information content (AvgIpc) is 3.14. The van der Waals surface area contributed by atoms with E-state index in [-0.39, 0.29) is 29.1 Å². The summed E-state index contributed by atoms with van der Waals surface area (Å²) in [5.74, 6) is -0.241. The number of hydrogen-bond acceptors (Lipinski definition) is 5. The van der Waals surface area contributed by atoms with E-state index in [1.807, 2.05) is 51.1 Å². The van der Waals surface area contributed by atoms with Gasteiger partial charge in [-0.3, -0.25) is 19.8 Å². The highest BCUT2D eigenvalue weighted by molar-refractivity contribution is 7.99. The van der Waals surface area contributed by atoms with E-state index in [0.717, 1.165) is 27.7 Å². The Bertz CT molecular complexity index is 1120. The van der Waals surface area contributed by atoms with E-state index in [0.29, 0.717) is 30.5 Å². The summed E-state index contributed by atoms with van der Waals surface area (Å²) >= 11 is 1.14. The SMILES string of the molecule is CCCC(=O)Nn1c(SCC(=O)N(CC)Cc2ccccc2)nc2cc(C)[nH]c2c1=O. The molecule has 0 atom stereocenters. The van der Waals surface area contributed by atoms with Crippen LogP contribution < -0.4 is 11.0 Å². The molecular weight excluding hydrogens is 414 g/mol. The van der Waals surface area contributed by atoms with Gasteiger partial charge in [0, 0.05) is 25.2 Å². The van der Waals surface area contributed by atoms with Crippen LogP contribution >= 0.6 is 11.8 Å². The van der Waals surface area contributed by atoms with E-state index in [2.05, 4.69) is 15.4 Å². The zero-order valence-corrected chi connectivity index (χ0v) is 18.8. The first-order valence-electron chi connectivity index (χ1n) is 10.3. The van der Waals surface area contributed by atoms with Gasteiger partial charge in [-0.2, -0.15) is 4.68 Å². The molecule has 8 nitrogen and oxygen atoms in total. The van der Waals surface area contributed by atoms with Crippen LogP contribution in [0.25, 0.3) is 11.0 Å². The van der Waals surface area contributed by atoms with Gasteiger partial charge in [-0.05, 0) is 31.9 Å². The third-order valence-corrected chi connectivity index (χ3v) is 5.67. The van der Waals surface area contributed by atoms with Crippen molar-refractivity contribution in [2.24, 2.45) is 0 Å². The van der Waals surface area contributed by atoms with Crippen LogP contribution in [0.1, 0.15) is 37.9 Å². The molecule has 164 valence electrons. The lowest BCUT2D eigenvalue weighted by Gasteiger charge is -2.21. The lowest BCUT2D eigenvalue weighted by atomic mass is 10.2. The third kappa shape index (κ3) is 5.55. The molecule has 0 saturated carbocycles. The maximum atomic E-state index is 12.9. The Balaban J connectivity index is 1.82. The number of nitrogens with zero attached hydrogens (tertiary/aromatic N) is 3. The highest BCUT2D eigenvalue weighted by Gasteiger charge is 2.18. The number of hydrogen-bond donors (Lipinski definition) is 2. The minimum Gasteiger partial charge on any atom is -0.353 e. The summed E-state index contributed by atoms with van der Waals surface area (Å²) in [4.78, 5) is 47.2. The summed E-state index contributed by atoms with van der Waals surface area (Å²) in [7, 11) is 0. The van der Waals surface area contributed by atoms with E-state index in [1.165, 1.54) is 0 Å². The number of H-pyrrole nitrogens is 1. The van der Waals surface area contributed by atoms with Gasteiger partial charge >= 0.3 is 0 Å². The zero-order chi connectivity index (χ0) is 22.4. The maximum Gasteiger partial charge on any atom is 0.297 e. The number of aromatic nitrogens is 3. The van der Waals surface area contributed by atoms with Crippen LogP contribution in [-0.2, 0) is 16.1 Å². The van der Waals surface area contributed by atoms with Crippen LogP contribution in [0.15, 0.2) is 46.3 Å². The molecule has 0 aliphatic rings. The predicted molar refractivity (Wildman–Crippen MR) is 123 cm³/mol. The summed E-state index contributed by atoms with van der Waals surface area (Å²) in [5.41, 5.74) is 4.91. The fourth-order valence-corrected chi connectivity index (χ4v) is 4.03. The lowest BCUT2D eigenvalue weighted by Crippen LogP contribution is -2.36. The Labute approximate surface area is 185 Å². The number of carbonyl (C=O) groups excluding carboxylic acids is 2. The van der Waals surface area contributed by atoms with Crippen LogP contribution in [0.5, 0.6) is 0 Å². The number of nitrogens with one attached hydrogen (secondary N) is 2. The largest absolute Gasteiger partial charge is 0.353 e. The van der Waals surface area contributed by atoms with Gasteiger partial charge in [0.15, 0.2) is 5.16 Å². The summed E-state index contributed by atoms with van der Waals surface area (Å²) in [6.07, 6.45) is 0.946. The highest BCUT2D eigenvalue weighted by atomic mass is 32.2. The van der Waals surface area contributed by atoms with Crippen molar-refractivity contribution >= 4 is 34.6 Å². The van der Waals surface area contributed by atoms with Gasteiger partial charge in [0.1, 0.15) is 5.52 Å². The van der Waals surface area contributed by atoms with E-state index in [1.54, 1.807) is 11.0 Å². The molecular formula is C22H27N5O3S. The van der Waals surface area contributed by atoms with E-state index in [9.17, 15) is 14.4 Å². The third-order valence-electron chi connectivity index (χ3n) is 4.74. The highest BCUT2D eigenvalue weighted by Crippen LogP contribution is 2.19. The zero-order valence-electron chi connectivity index (χ0n) is 18.0. The molecule has 2 N–H and O–H groups in total. The predicted octanol–water partition coefficient (Wildman–Crippen LogP) is 3.04. The van der Waals surface area contributed by atoms with E-state index in [4.69, 9.17) is 0 Å². The number of aromatic amines is 1. The summed E-state index contributed by atoms with van der Waals surface area (Å²) in [6.45, 7) is 6.73. The molecule has 2 amide bonds. The van der Waals surface area contributed by atoms with Crippen molar-refractivity contribution in [3.8, 4) is 0 Å². The van der Waals surface area contributed by atoms with Crippen molar-refractivity contribution in [1.82, 2.24) is 19.5 Å². The Morgan fingerprint density at radius 2 is 1.97 bits per heavy atom. The normalized spacial score (nSPS) is 10.9. The molecule has 0 radical (unpaired) electrons. The average molecular weight is 442 g/mol. The number of fused-ring (bicyclic) bond motifs is 1. The number of aryl methyl sites for hydroxylation is 1. The van der Waals surface area contributed by atoms with Crippen LogP contribution in [-0.4, -0.2) is 43.7 Å². The minimum atomic E-state index is -0.394. The Hall–Kier alpha value is -3.07. The number of benzene rings is 1. The van der Waals surface area contributed by atoms with Gasteiger partial charge in [0.2, 0.25) is 11.8 Å². The van der Waals surface area contributed by atoms with Crippen LogP contribution in [0.2, 0.25) is 0 Å². The van der Waals surface area contributed by atoms with Gasteiger partial charge in [0.25, 0.3) is 5.56 Å². The second-order valence-electron chi connectivity index (χ2n) is 7.21. The molecule has 1 aromatic carbocycles. The van der Waals surface area contributed by atoms with E-state index >= 15 is 0 Å². The molecule has 0 bridgehead atoms. The molecule has 2 aromatic heterocycles. The number of amides is 2. The van der Waals surface area contributed by atoms with Gasteiger partial charge in [-0.25, -0.2) is 4.98 Å². The summed E-state index contributed by atoms with van der Waals surface area (Å²) < 4.78 is 1.14. The Morgan fingerprint density at radius 1 is 1.23 bits per heavy atom. The monoisotopic (exact) mass is 441 g/mol. The molecule has 0 spiro atoms. The molecule has 31 heavy (non-hydrogen) atoms. The van der Waals surface area contributed by atoms with Gasteiger partial charge in [-0.1, -0.05) is 49.0 Å². The first-order chi connectivity index (χ1) is 14.9. The van der Waals surface area contributed by atoms with E-state index < -0.39 is 5.56 Å². The fourth-order valence-electron chi connectivity index (χ4n) is 3.18. The van der Waals surface area contributed by atoms with Crippen molar-refractivity contribution in [2.75, 3.05) is 17.7 Å². The van der Waals surface area contributed by atoms with Crippen molar-refractivity contribution in [3.05, 3.63) is 58.0 Å². The first kappa shape index (κ1) is 22.6. The van der Waals surface area contributed by atoms with Gasteiger partial charge in [-0.15, -0.1) is 0 Å². The molecule has 0 aliphatic heterocycles. The van der Waals surface area contributed by atoms with Crippen molar-refractivity contribution < 1.29 is 9.59 Å². The molecule has 0 unspecified atom stereocenters. The topological polar surface area (TPSA) is 100 Å². The molecule has 0 aliphatic carbocycles.